The minimum Gasteiger partial charge on any atom is -0.494 e. The number of unbranched alkanes of at least 4 members (excludes halogenated alkanes) is 1. The molecule has 1 heterocycles. The molecule has 0 bridgehead atoms. The summed E-state index contributed by atoms with van der Waals surface area (Å²) in [6.45, 7) is 11.1. The summed E-state index contributed by atoms with van der Waals surface area (Å²) in [5.74, 6) is 2.81. The van der Waals surface area contributed by atoms with E-state index in [4.69, 9.17) is 9.26 Å². The van der Waals surface area contributed by atoms with Crippen LogP contribution >= 0.6 is 0 Å². The zero-order valence-electron chi connectivity index (χ0n) is 16.9. The van der Waals surface area contributed by atoms with E-state index in [0.717, 1.165) is 54.7 Å². The first-order valence-corrected chi connectivity index (χ1v) is 9.81. The van der Waals surface area contributed by atoms with Gasteiger partial charge in [0.2, 0.25) is 0 Å². The molecule has 0 spiro atoms. The van der Waals surface area contributed by atoms with E-state index in [1.54, 1.807) is 0 Å². The molecule has 0 unspecified atom stereocenters. The molecule has 0 amide bonds. The lowest BCUT2D eigenvalue weighted by Crippen LogP contribution is -2.36. The molecule has 2 N–H and O–H groups in total. The maximum absolute atomic E-state index is 5.77. The first-order chi connectivity index (χ1) is 13.1. The Kier molecular flexibility index (Phi) is 8.68. The molecule has 6 heteroatoms. The van der Waals surface area contributed by atoms with E-state index < -0.39 is 0 Å². The number of hydrogen-bond acceptors (Lipinski definition) is 4. The number of hydrogen-bond donors (Lipinski definition) is 2. The zero-order chi connectivity index (χ0) is 19.5. The monoisotopic (exact) mass is 372 g/mol. The summed E-state index contributed by atoms with van der Waals surface area (Å²) in [5.41, 5.74) is 2.08. The fourth-order valence-corrected chi connectivity index (χ4v) is 2.44. The van der Waals surface area contributed by atoms with Gasteiger partial charge in [-0.15, -0.1) is 0 Å². The molecule has 0 radical (unpaired) electrons. The van der Waals surface area contributed by atoms with Gasteiger partial charge in [0.25, 0.3) is 0 Å². The summed E-state index contributed by atoms with van der Waals surface area (Å²) in [6, 6.07) is 10.1. The highest BCUT2D eigenvalue weighted by atomic mass is 16.5. The Hall–Kier alpha value is -2.50. The molecule has 2 rings (SSSR count). The predicted molar refractivity (Wildman–Crippen MR) is 109 cm³/mol. The summed E-state index contributed by atoms with van der Waals surface area (Å²) >= 11 is 0. The fourth-order valence-electron chi connectivity index (χ4n) is 2.44. The molecule has 0 aliphatic carbocycles. The van der Waals surface area contributed by atoms with Crippen molar-refractivity contribution in [1.29, 1.82) is 0 Å². The van der Waals surface area contributed by atoms with Crippen molar-refractivity contribution in [2.75, 3.05) is 13.2 Å². The molecule has 0 saturated heterocycles. The highest BCUT2D eigenvalue weighted by molar-refractivity contribution is 5.79. The summed E-state index contributed by atoms with van der Waals surface area (Å²) in [4.78, 5) is 4.66. The Balaban J connectivity index is 1.92. The zero-order valence-corrected chi connectivity index (χ0v) is 16.9. The molecule has 1 aromatic carbocycles. The molecule has 0 atom stereocenters. The average Bonchev–Trinajstić information content (AvgIpc) is 3.14. The predicted octanol–water partition coefficient (Wildman–Crippen LogP) is 4.23. The average molecular weight is 373 g/mol. The third-order valence-corrected chi connectivity index (χ3v) is 4.03. The van der Waals surface area contributed by atoms with E-state index in [-0.39, 0.29) is 0 Å². The van der Waals surface area contributed by atoms with Crippen LogP contribution in [0.1, 0.15) is 63.5 Å². The highest BCUT2D eigenvalue weighted by Crippen LogP contribution is 2.15. The first kappa shape index (κ1) is 20.8. The molecule has 0 fully saturated rings. The second-order valence-electron chi connectivity index (χ2n) is 6.77. The van der Waals surface area contributed by atoms with Crippen molar-refractivity contribution in [3.63, 3.8) is 0 Å². The van der Waals surface area contributed by atoms with Gasteiger partial charge in [0.1, 0.15) is 5.75 Å². The van der Waals surface area contributed by atoms with Crippen LogP contribution in [0.4, 0.5) is 0 Å². The van der Waals surface area contributed by atoms with Gasteiger partial charge in [-0.2, -0.15) is 0 Å². The number of ether oxygens (including phenoxy) is 1. The molecule has 2 aromatic rings. The van der Waals surface area contributed by atoms with Crippen LogP contribution in [-0.2, 0) is 13.1 Å². The van der Waals surface area contributed by atoms with Crippen molar-refractivity contribution < 1.29 is 9.26 Å². The quantitative estimate of drug-likeness (QED) is 0.371. The molecule has 27 heavy (non-hydrogen) atoms. The Morgan fingerprint density at radius 1 is 1.22 bits per heavy atom. The van der Waals surface area contributed by atoms with E-state index in [1.807, 2.05) is 31.2 Å². The van der Waals surface area contributed by atoms with Gasteiger partial charge in [0.05, 0.1) is 25.4 Å². The minimum absolute atomic E-state index is 0.358. The number of nitrogens with zero attached hydrogens (tertiary/aromatic N) is 2. The maximum Gasteiger partial charge on any atom is 0.191 e. The number of guanidine groups is 1. The standard InChI is InChI=1S/C21H32N4O2/c1-5-7-11-26-18-10-8-9-17(12-18)14-23-21(22-6-2)24-15-19-13-20(16(3)4)25-27-19/h8-10,12-13,16H,5-7,11,14-15H2,1-4H3,(H2,22,23,24). The highest BCUT2D eigenvalue weighted by Gasteiger charge is 2.08. The molecule has 1 aromatic heterocycles. The molecule has 6 nitrogen and oxygen atoms in total. The second kappa shape index (κ2) is 11.3. The van der Waals surface area contributed by atoms with Crippen LogP contribution in [0.5, 0.6) is 5.75 Å². The van der Waals surface area contributed by atoms with Crippen LogP contribution in [0.15, 0.2) is 39.8 Å². The third kappa shape index (κ3) is 7.33. The number of rotatable bonds is 10. The van der Waals surface area contributed by atoms with Crippen LogP contribution in [0, 0.1) is 0 Å². The van der Waals surface area contributed by atoms with Crippen LogP contribution in [0.25, 0.3) is 0 Å². The number of aromatic nitrogens is 1. The SMILES string of the molecule is CCCCOc1cccc(CN=C(NCC)NCc2cc(C(C)C)no2)c1. The van der Waals surface area contributed by atoms with Gasteiger partial charge in [0, 0.05) is 12.6 Å². The van der Waals surface area contributed by atoms with E-state index >= 15 is 0 Å². The van der Waals surface area contributed by atoms with Gasteiger partial charge in [0.15, 0.2) is 11.7 Å². The molecule has 148 valence electrons. The van der Waals surface area contributed by atoms with Crippen LogP contribution in [0.3, 0.4) is 0 Å². The lowest BCUT2D eigenvalue weighted by molar-refractivity contribution is 0.309. The van der Waals surface area contributed by atoms with E-state index in [1.165, 1.54) is 0 Å². The van der Waals surface area contributed by atoms with Crippen molar-refractivity contribution in [2.45, 2.75) is 59.5 Å². The van der Waals surface area contributed by atoms with Crippen molar-refractivity contribution in [1.82, 2.24) is 15.8 Å². The van der Waals surface area contributed by atoms with E-state index in [2.05, 4.69) is 47.6 Å². The van der Waals surface area contributed by atoms with E-state index in [0.29, 0.717) is 19.0 Å². The van der Waals surface area contributed by atoms with Gasteiger partial charge >= 0.3 is 0 Å². The van der Waals surface area contributed by atoms with Crippen LogP contribution in [-0.4, -0.2) is 24.3 Å². The minimum atomic E-state index is 0.358. The van der Waals surface area contributed by atoms with E-state index in [9.17, 15) is 0 Å². The first-order valence-electron chi connectivity index (χ1n) is 9.81. The molecular formula is C21H32N4O2. The Morgan fingerprint density at radius 2 is 2.07 bits per heavy atom. The van der Waals surface area contributed by atoms with Crippen molar-refractivity contribution >= 4 is 5.96 Å². The molecule has 0 aliphatic rings. The fraction of sp³-hybridized carbons (Fsp3) is 0.524. The van der Waals surface area contributed by atoms with Crippen LogP contribution in [0.2, 0.25) is 0 Å². The molecule has 0 saturated carbocycles. The lowest BCUT2D eigenvalue weighted by Gasteiger charge is -2.10. The van der Waals surface area contributed by atoms with Gasteiger partial charge in [-0.05, 0) is 37.0 Å². The van der Waals surface area contributed by atoms with Crippen molar-refractivity contribution in [3.05, 3.63) is 47.3 Å². The second-order valence-corrected chi connectivity index (χ2v) is 6.77. The topological polar surface area (TPSA) is 71.7 Å². The summed E-state index contributed by atoms with van der Waals surface area (Å²) in [7, 11) is 0. The smallest absolute Gasteiger partial charge is 0.191 e. The van der Waals surface area contributed by atoms with Gasteiger partial charge in [-0.1, -0.05) is 44.5 Å². The van der Waals surface area contributed by atoms with Crippen molar-refractivity contribution in [2.24, 2.45) is 4.99 Å². The Labute approximate surface area is 162 Å². The lowest BCUT2D eigenvalue weighted by atomic mass is 10.1. The number of benzene rings is 1. The molecule has 0 aliphatic heterocycles. The van der Waals surface area contributed by atoms with Crippen LogP contribution < -0.4 is 15.4 Å². The number of aliphatic imine (C=N–C) groups is 1. The van der Waals surface area contributed by atoms with Gasteiger partial charge in [-0.25, -0.2) is 4.99 Å². The number of nitrogens with one attached hydrogen (secondary N) is 2. The Bertz CT molecular complexity index is 710. The normalized spacial score (nSPS) is 11.7. The largest absolute Gasteiger partial charge is 0.494 e. The van der Waals surface area contributed by atoms with Gasteiger partial charge in [-0.3, -0.25) is 0 Å². The van der Waals surface area contributed by atoms with Crippen molar-refractivity contribution in [3.8, 4) is 5.75 Å². The Morgan fingerprint density at radius 3 is 2.78 bits per heavy atom. The summed E-state index contributed by atoms with van der Waals surface area (Å²) in [6.07, 6.45) is 2.20. The van der Waals surface area contributed by atoms with Gasteiger partial charge < -0.3 is 19.9 Å². The molecular weight excluding hydrogens is 340 g/mol. The maximum atomic E-state index is 5.77. The third-order valence-electron chi connectivity index (χ3n) is 4.03. The summed E-state index contributed by atoms with van der Waals surface area (Å²) < 4.78 is 11.1. The summed E-state index contributed by atoms with van der Waals surface area (Å²) in [5, 5.41) is 10.6.